The number of hydrogen-bond acceptors (Lipinski definition) is 5. The zero-order chi connectivity index (χ0) is 18.5. The average molecular weight is 368 g/mol. The number of anilines is 1. The summed E-state index contributed by atoms with van der Waals surface area (Å²) >= 11 is 1.43. The van der Waals surface area contributed by atoms with Crippen molar-refractivity contribution < 1.29 is 9.94 Å². The van der Waals surface area contributed by atoms with Gasteiger partial charge in [-0.15, -0.1) is 0 Å². The van der Waals surface area contributed by atoms with Crippen LogP contribution in [0.3, 0.4) is 0 Å². The molecule has 5 nitrogen and oxygen atoms in total. The first-order valence-electron chi connectivity index (χ1n) is 8.28. The highest BCUT2D eigenvalue weighted by Crippen LogP contribution is 2.29. The molecule has 0 atom stereocenters. The molecule has 3 rings (SSSR count). The minimum atomic E-state index is -0.443. The van der Waals surface area contributed by atoms with Crippen LogP contribution in [0.15, 0.2) is 76.6 Å². The van der Waals surface area contributed by atoms with Gasteiger partial charge in [0.15, 0.2) is 0 Å². The lowest BCUT2D eigenvalue weighted by atomic mass is 10.2. The van der Waals surface area contributed by atoms with Gasteiger partial charge in [-0.25, -0.2) is 0 Å². The molecule has 0 aliphatic carbocycles. The summed E-state index contributed by atoms with van der Waals surface area (Å²) in [6, 6.07) is 18.9. The van der Waals surface area contributed by atoms with E-state index >= 15 is 0 Å². The zero-order valence-electron chi connectivity index (χ0n) is 14.6. The molecule has 0 aliphatic rings. The molecular weight excluding hydrogens is 348 g/mol. The van der Waals surface area contributed by atoms with Crippen molar-refractivity contribution in [1.82, 2.24) is 4.73 Å². The molecule has 134 valence electrons. The van der Waals surface area contributed by atoms with Gasteiger partial charge >= 0.3 is 5.56 Å². The van der Waals surface area contributed by atoms with E-state index in [2.05, 4.69) is 0 Å². The van der Waals surface area contributed by atoms with E-state index in [4.69, 9.17) is 4.74 Å². The molecule has 0 bridgehead atoms. The maximum atomic E-state index is 12.1. The highest BCUT2D eigenvalue weighted by molar-refractivity contribution is 8.00. The number of aromatic nitrogens is 1. The van der Waals surface area contributed by atoms with Crippen LogP contribution in [0.1, 0.15) is 12.5 Å². The monoisotopic (exact) mass is 368 g/mol. The second-order valence-corrected chi connectivity index (χ2v) is 6.81. The molecular formula is C20H20N2O3S. The SMILES string of the molecule is CCN(Sc1ccc(Oc2ccc(C)cc2)cc1)c1cccn(O)c1=O. The van der Waals surface area contributed by atoms with Crippen LogP contribution in [0.4, 0.5) is 5.69 Å². The molecule has 2 aromatic carbocycles. The van der Waals surface area contributed by atoms with Gasteiger partial charge < -0.3 is 14.2 Å². The Balaban J connectivity index is 1.72. The molecule has 0 saturated heterocycles. The van der Waals surface area contributed by atoms with Crippen LogP contribution in [0.5, 0.6) is 11.5 Å². The number of nitrogens with zero attached hydrogens (tertiary/aromatic N) is 2. The second kappa shape index (κ2) is 8.01. The fourth-order valence-corrected chi connectivity index (χ4v) is 3.26. The molecule has 0 fully saturated rings. The number of ether oxygens (including phenoxy) is 1. The van der Waals surface area contributed by atoms with Gasteiger partial charge in [0.05, 0.1) is 0 Å². The Hall–Kier alpha value is -2.86. The Bertz CT molecular complexity index is 921. The van der Waals surface area contributed by atoms with E-state index in [1.807, 2.05) is 66.7 Å². The molecule has 26 heavy (non-hydrogen) atoms. The van der Waals surface area contributed by atoms with Gasteiger partial charge in [-0.1, -0.05) is 17.7 Å². The molecule has 6 heteroatoms. The van der Waals surface area contributed by atoms with E-state index in [1.54, 1.807) is 12.1 Å². The van der Waals surface area contributed by atoms with Crippen molar-refractivity contribution in [1.29, 1.82) is 0 Å². The van der Waals surface area contributed by atoms with Crippen molar-refractivity contribution in [3.05, 3.63) is 82.8 Å². The van der Waals surface area contributed by atoms with E-state index in [9.17, 15) is 10.0 Å². The lowest BCUT2D eigenvalue weighted by Gasteiger charge is -2.20. The van der Waals surface area contributed by atoms with Crippen molar-refractivity contribution in [3.63, 3.8) is 0 Å². The summed E-state index contributed by atoms with van der Waals surface area (Å²) in [5.41, 5.74) is 1.18. The Kier molecular flexibility index (Phi) is 5.53. The Morgan fingerprint density at radius 1 is 1.04 bits per heavy atom. The fourth-order valence-electron chi connectivity index (χ4n) is 2.38. The molecule has 0 spiro atoms. The number of rotatable bonds is 6. The standard InChI is InChI=1S/C20H20N2O3S/c1-3-22(19-5-4-14-21(24)20(19)23)26-18-12-10-17(11-13-18)25-16-8-6-15(2)7-9-16/h4-14,24H,3H2,1-2H3. The summed E-state index contributed by atoms with van der Waals surface area (Å²) in [7, 11) is 0. The van der Waals surface area contributed by atoms with Crippen LogP contribution in [0, 0.1) is 6.92 Å². The highest BCUT2D eigenvalue weighted by Gasteiger charge is 2.12. The van der Waals surface area contributed by atoms with Crippen LogP contribution in [-0.2, 0) is 0 Å². The van der Waals surface area contributed by atoms with Gasteiger partial charge in [-0.2, -0.15) is 4.73 Å². The van der Waals surface area contributed by atoms with E-state index in [0.29, 0.717) is 17.0 Å². The average Bonchev–Trinajstić information content (AvgIpc) is 2.65. The lowest BCUT2D eigenvalue weighted by molar-refractivity contribution is 0.175. The van der Waals surface area contributed by atoms with Gasteiger partial charge in [0.1, 0.15) is 17.2 Å². The van der Waals surface area contributed by atoms with Crippen molar-refractivity contribution in [2.75, 3.05) is 10.8 Å². The lowest BCUT2D eigenvalue weighted by Crippen LogP contribution is -2.26. The van der Waals surface area contributed by atoms with Crippen molar-refractivity contribution in [2.45, 2.75) is 18.7 Å². The van der Waals surface area contributed by atoms with Crippen LogP contribution in [0.25, 0.3) is 0 Å². The Morgan fingerprint density at radius 3 is 2.27 bits per heavy atom. The van der Waals surface area contributed by atoms with Crippen LogP contribution in [0.2, 0.25) is 0 Å². The quantitative estimate of drug-likeness (QED) is 0.504. The number of aryl methyl sites for hydroxylation is 1. The summed E-state index contributed by atoms with van der Waals surface area (Å²) in [5.74, 6) is 1.54. The van der Waals surface area contributed by atoms with Gasteiger partial charge in [-0.05, 0) is 74.3 Å². The maximum absolute atomic E-state index is 12.1. The smallest absolute Gasteiger partial charge is 0.307 e. The Labute approximate surface area is 156 Å². The molecule has 3 aromatic rings. The minimum Gasteiger partial charge on any atom is -0.457 e. The summed E-state index contributed by atoms with van der Waals surface area (Å²) in [4.78, 5) is 13.0. The summed E-state index contributed by atoms with van der Waals surface area (Å²) < 4.78 is 8.26. The third kappa shape index (κ3) is 4.21. The third-order valence-corrected chi connectivity index (χ3v) is 4.92. The molecule has 0 aliphatic heterocycles. The van der Waals surface area contributed by atoms with Gasteiger partial charge in [0.2, 0.25) is 0 Å². The Morgan fingerprint density at radius 2 is 1.65 bits per heavy atom. The van der Waals surface area contributed by atoms with E-state index in [-0.39, 0.29) is 0 Å². The molecule has 0 unspecified atom stereocenters. The van der Waals surface area contributed by atoms with Gasteiger partial charge in [-0.3, -0.25) is 4.79 Å². The second-order valence-electron chi connectivity index (χ2n) is 5.72. The third-order valence-electron chi connectivity index (χ3n) is 3.76. The largest absolute Gasteiger partial charge is 0.457 e. The topological polar surface area (TPSA) is 54.7 Å². The number of benzene rings is 2. The van der Waals surface area contributed by atoms with Crippen molar-refractivity contribution in [3.8, 4) is 11.5 Å². The molecule has 1 N–H and O–H groups in total. The van der Waals surface area contributed by atoms with E-state index < -0.39 is 5.56 Å². The highest BCUT2D eigenvalue weighted by atomic mass is 32.2. The van der Waals surface area contributed by atoms with E-state index in [1.165, 1.54) is 23.7 Å². The molecule has 1 aromatic heterocycles. The molecule has 0 saturated carbocycles. The molecule has 1 heterocycles. The van der Waals surface area contributed by atoms with Crippen molar-refractivity contribution in [2.24, 2.45) is 0 Å². The minimum absolute atomic E-state index is 0.433. The first kappa shape index (κ1) is 17.9. The normalized spacial score (nSPS) is 10.5. The molecule has 0 amide bonds. The van der Waals surface area contributed by atoms with Gasteiger partial charge in [0, 0.05) is 17.6 Å². The van der Waals surface area contributed by atoms with E-state index in [0.717, 1.165) is 16.4 Å². The maximum Gasteiger partial charge on any atom is 0.307 e. The predicted molar refractivity (Wildman–Crippen MR) is 104 cm³/mol. The van der Waals surface area contributed by atoms with Crippen LogP contribution >= 0.6 is 11.9 Å². The zero-order valence-corrected chi connectivity index (χ0v) is 15.4. The fraction of sp³-hybridized carbons (Fsp3) is 0.150. The first-order valence-corrected chi connectivity index (χ1v) is 9.05. The number of hydrogen-bond donors (Lipinski definition) is 1. The predicted octanol–water partition coefficient (Wildman–Crippen LogP) is 4.72. The summed E-state index contributed by atoms with van der Waals surface area (Å²) in [6.45, 7) is 4.61. The first-order chi connectivity index (χ1) is 12.6. The van der Waals surface area contributed by atoms with Gasteiger partial charge in [0.25, 0.3) is 0 Å². The van der Waals surface area contributed by atoms with Crippen LogP contribution in [-0.4, -0.2) is 16.5 Å². The molecule has 0 radical (unpaired) electrons. The van der Waals surface area contributed by atoms with Crippen LogP contribution < -0.4 is 14.6 Å². The van der Waals surface area contributed by atoms with Crippen molar-refractivity contribution >= 4 is 17.6 Å². The summed E-state index contributed by atoms with van der Waals surface area (Å²) in [5, 5.41) is 9.56. The number of pyridine rings is 1. The summed E-state index contributed by atoms with van der Waals surface area (Å²) in [6.07, 6.45) is 1.32.